The van der Waals surface area contributed by atoms with Gasteiger partial charge in [-0.2, -0.15) is 0 Å². The van der Waals surface area contributed by atoms with Gasteiger partial charge in [0.1, 0.15) is 6.61 Å². The highest BCUT2D eigenvalue weighted by atomic mass is 16.5. The summed E-state index contributed by atoms with van der Waals surface area (Å²) in [5, 5.41) is 3.18. The van der Waals surface area contributed by atoms with Crippen molar-refractivity contribution >= 4 is 5.91 Å². The van der Waals surface area contributed by atoms with Gasteiger partial charge >= 0.3 is 0 Å². The molecule has 1 rings (SSSR count). The number of likely N-dealkylation sites (tertiary alicyclic amines) is 1. The van der Waals surface area contributed by atoms with Crippen LogP contribution in [0.25, 0.3) is 0 Å². The maximum atomic E-state index is 11.6. The summed E-state index contributed by atoms with van der Waals surface area (Å²) in [6.07, 6.45) is 1.17. The molecule has 0 aliphatic carbocycles. The first kappa shape index (κ1) is 11.5. The lowest BCUT2D eigenvalue weighted by molar-refractivity contribution is -0.136. The molecule has 4 nitrogen and oxygen atoms in total. The molecule has 0 bridgehead atoms. The molecule has 1 amide bonds. The lowest BCUT2D eigenvalue weighted by atomic mass is 10.3. The first-order valence-electron chi connectivity index (χ1n) is 5.20. The lowest BCUT2D eigenvalue weighted by Gasteiger charge is -2.17. The average Bonchev–Trinajstić information content (AvgIpc) is 2.62. The van der Waals surface area contributed by atoms with Crippen molar-refractivity contribution in [3.63, 3.8) is 0 Å². The van der Waals surface area contributed by atoms with E-state index < -0.39 is 0 Å². The molecule has 0 spiro atoms. The fraction of sp³-hybridized carbons (Fsp3) is 0.900. The Morgan fingerprint density at radius 2 is 2.36 bits per heavy atom. The molecule has 1 heterocycles. The molecule has 1 unspecified atom stereocenters. The number of hydrogen-bond donors (Lipinski definition) is 1. The minimum atomic E-state index is 0.108. The molecule has 0 aromatic carbocycles. The Hall–Kier alpha value is -0.610. The van der Waals surface area contributed by atoms with Gasteiger partial charge in [0.15, 0.2) is 0 Å². The molecule has 0 saturated carbocycles. The topological polar surface area (TPSA) is 41.6 Å². The first-order chi connectivity index (χ1) is 6.63. The number of amides is 1. The molecule has 1 fully saturated rings. The molecule has 0 radical (unpaired) electrons. The van der Waals surface area contributed by atoms with Gasteiger partial charge in [0.05, 0.1) is 6.10 Å². The third-order valence-electron chi connectivity index (χ3n) is 2.49. The highest BCUT2D eigenvalue weighted by Crippen LogP contribution is 2.08. The second-order valence-corrected chi connectivity index (χ2v) is 3.97. The van der Waals surface area contributed by atoms with E-state index in [4.69, 9.17) is 4.74 Å². The number of rotatable bonds is 4. The van der Waals surface area contributed by atoms with Crippen LogP contribution in [0.4, 0.5) is 0 Å². The summed E-state index contributed by atoms with van der Waals surface area (Å²) in [4.78, 5) is 13.4. The van der Waals surface area contributed by atoms with Gasteiger partial charge < -0.3 is 15.0 Å². The Bertz CT molecular complexity index is 195. The summed E-state index contributed by atoms with van der Waals surface area (Å²) in [5.41, 5.74) is 0. The quantitative estimate of drug-likeness (QED) is 0.706. The zero-order valence-corrected chi connectivity index (χ0v) is 9.25. The van der Waals surface area contributed by atoms with Gasteiger partial charge in [0.2, 0.25) is 5.91 Å². The van der Waals surface area contributed by atoms with Crippen molar-refractivity contribution in [3.05, 3.63) is 0 Å². The van der Waals surface area contributed by atoms with Gasteiger partial charge in [-0.1, -0.05) is 0 Å². The van der Waals surface area contributed by atoms with E-state index in [1.807, 2.05) is 25.8 Å². The van der Waals surface area contributed by atoms with Crippen LogP contribution in [0.3, 0.4) is 0 Å². The summed E-state index contributed by atoms with van der Waals surface area (Å²) < 4.78 is 5.27. The zero-order valence-electron chi connectivity index (χ0n) is 9.25. The van der Waals surface area contributed by atoms with Crippen molar-refractivity contribution in [2.24, 2.45) is 0 Å². The number of likely N-dealkylation sites (N-methyl/N-ethyl adjacent to an activating group) is 1. The summed E-state index contributed by atoms with van der Waals surface area (Å²) in [6, 6.07) is 0.456. The molecule has 82 valence electrons. The van der Waals surface area contributed by atoms with Crippen molar-refractivity contribution in [2.45, 2.75) is 32.4 Å². The number of carbonyl (C=O) groups excluding carboxylic acids is 1. The summed E-state index contributed by atoms with van der Waals surface area (Å²) in [5.74, 6) is 0.108. The van der Waals surface area contributed by atoms with Crippen molar-refractivity contribution < 1.29 is 9.53 Å². The second-order valence-electron chi connectivity index (χ2n) is 3.97. The summed E-state index contributed by atoms with van der Waals surface area (Å²) in [6.45, 7) is 5.76. The minimum Gasteiger partial charge on any atom is -0.369 e. The zero-order chi connectivity index (χ0) is 10.6. The molecule has 1 N–H and O–H groups in total. The van der Waals surface area contributed by atoms with Crippen molar-refractivity contribution in [1.82, 2.24) is 10.2 Å². The van der Waals surface area contributed by atoms with E-state index in [2.05, 4.69) is 5.32 Å². The fourth-order valence-electron chi connectivity index (χ4n) is 1.55. The van der Waals surface area contributed by atoms with Gasteiger partial charge in [-0.05, 0) is 27.3 Å². The van der Waals surface area contributed by atoms with Crippen molar-refractivity contribution in [2.75, 3.05) is 26.7 Å². The van der Waals surface area contributed by atoms with Crippen molar-refractivity contribution in [1.29, 1.82) is 0 Å². The molecule has 1 aliphatic heterocycles. The predicted molar refractivity (Wildman–Crippen MR) is 55.1 cm³/mol. The van der Waals surface area contributed by atoms with Gasteiger partial charge in [-0.3, -0.25) is 4.79 Å². The lowest BCUT2D eigenvalue weighted by Crippen LogP contribution is -2.36. The van der Waals surface area contributed by atoms with Crippen LogP contribution < -0.4 is 5.32 Å². The van der Waals surface area contributed by atoms with Gasteiger partial charge in [0, 0.05) is 19.1 Å². The number of ether oxygens (including phenoxy) is 1. The summed E-state index contributed by atoms with van der Waals surface area (Å²) >= 11 is 0. The van der Waals surface area contributed by atoms with Crippen LogP contribution in [0.5, 0.6) is 0 Å². The number of hydrogen-bond acceptors (Lipinski definition) is 3. The molecular formula is C10H20N2O2. The van der Waals surface area contributed by atoms with Crippen LogP contribution in [0.1, 0.15) is 20.3 Å². The largest absolute Gasteiger partial charge is 0.369 e. The van der Waals surface area contributed by atoms with Crippen LogP contribution in [-0.4, -0.2) is 49.7 Å². The second kappa shape index (κ2) is 5.32. The number of nitrogens with one attached hydrogen (secondary N) is 1. The van der Waals surface area contributed by atoms with Crippen LogP contribution >= 0.6 is 0 Å². The SMILES string of the molecule is CNC1CCN(C(=O)COC(C)C)C1. The molecule has 14 heavy (non-hydrogen) atoms. The van der Waals surface area contributed by atoms with Crippen LogP contribution in [0.15, 0.2) is 0 Å². The third kappa shape index (κ3) is 3.27. The normalized spacial score (nSPS) is 22.0. The Kier molecular flexibility index (Phi) is 4.35. The first-order valence-corrected chi connectivity index (χ1v) is 5.20. The molecule has 1 saturated heterocycles. The van der Waals surface area contributed by atoms with Crippen LogP contribution in [0.2, 0.25) is 0 Å². The number of nitrogens with zero attached hydrogens (tertiary/aromatic N) is 1. The molecule has 1 atom stereocenters. The maximum absolute atomic E-state index is 11.6. The molecule has 0 aromatic heterocycles. The van der Waals surface area contributed by atoms with Gasteiger partial charge in [0.25, 0.3) is 0 Å². The molecular weight excluding hydrogens is 180 g/mol. The Morgan fingerprint density at radius 3 is 2.86 bits per heavy atom. The van der Waals surface area contributed by atoms with Crippen molar-refractivity contribution in [3.8, 4) is 0 Å². The maximum Gasteiger partial charge on any atom is 0.248 e. The van der Waals surface area contributed by atoms with Gasteiger partial charge in [-0.15, -0.1) is 0 Å². The van der Waals surface area contributed by atoms with E-state index in [0.29, 0.717) is 6.04 Å². The van der Waals surface area contributed by atoms with Crippen LogP contribution in [0, 0.1) is 0 Å². The number of carbonyl (C=O) groups is 1. The van der Waals surface area contributed by atoms with E-state index >= 15 is 0 Å². The van der Waals surface area contributed by atoms with E-state index in [1.54, 1.807) is 0 Å². The molecule has 4 heteroatoms. The molecule has 0 aromatic rings. The van der Waals surface area contributed by atoms with Gasteiger partial charge in [-0.25, -0.2) is 0 Å². The Morgan fingerprint density at radius 1 is 1.64 bits per heavy atom. The van der Waals surface area contributed by atoms with E-state index in [-0.39, 0.29) is 18.6 Å². The van der Waals surface area contributed by atoms with Crippen LogP contribution in [-0.2, 0) is 9.53 Å². The predicted octanol–water partition coefficient (Wildman–Crippen LogP) is 0.232. The highest BCUT2D eigenvalue weighted by Gasteiger charge is 2.24. The third-order valence-corrected chi connectivity index (χ3v) is 2.49. The molecule has 1 aliphatic rings. The summed E-state index contributed by atoms with van der Waals surface area (Å²) in [7, 11) is 1.93. The smallest absolute Gasteiger partial charge is 0.248 e. The standard InChI is InChI=1S/C10H20N2O2/c1-8(2)14-7-10(13)12-5-4-9(6-12)11-3/h8-9,11H,4-7H2,1-3H3. The minimum absolute atomic E-state index is 0.108. The highest BCUT2D eigenvalue weighted by molar-refractivity contribution is 5.77. The Labute approximate surface area is 85.6 Å². The van der Waals surface area contributed by atoms with E-state index in [0.717, 1.165) is 19.5 Å². The van der Waals surface area contributed by atoms with E-state index in [1.165, 1.54) is 0 Å². The monoisotopic (exact) mass is 200 g/mol. The average molecular weight is 200 g/mol. The fourth-order valence-corrected chi connectivity index (χ4v) is 1.55. The Balaban J connectivity index is 2.25. The van der Waals surface area contributed by atoms with E-state index in [9.17, 15) is 4.79 Å².